The molecule has 0 bridgehead atoms. The number of benzene rings is 3. The van der Waals surface area contributed by atoms with Crippen molar-refractivity contribution in [3.8, 4) is 22.8 Å². The van der Waals surface area contributed by atoms with E-state index in [9.17, 15) is 0 Å². The van der Waals surface area contributed by atoms with Gasteiger partial charge in [0, 0.05) is 9.82 Å². The van der Waals surface area contributed by atoms with E-state index in [1.165, 1.54) is 0 Å². The summed E-state index contributed by atoms with van der Waals surface area (Å²) in [6.07, 6.45) is 0. The lowest BCUT2D eigenvalue weighted by Gasteiger charge is -1.98. The third-order valence-corrected chi connectivity index (χ3v) is 3.85. The van der Waals surface area contributed by atoms with E-state index in [4.69, 9.17) is 11.6 Å². The van der Waals surface area contributed by atoms with Gasteiger partial charge in [0.1, 0.15) is 5.69 Å². The fourth-order valence-corrected chi connectivity index (χ4v) is 2.67. The first kappa shape index (κ1) is 14.6. The molecule has 5 heteroatoms. The Kier molecular flexibility index (Phi) is 3.81. The molecule has 0 saturated heterocycles. The lowest BCUT2D eigenvalue weighted by Crippen LogP contribution is -2.43. The Morgan fingerprint density at radius 3 is 2.21 bits per heavy atom. The van der Waals surface area contributed by atoms with Crippen LogP contribution in [0.15, 0.2) is 84.9 Å². The quantitative estimate of drug-likeness (QED) is 0.533. The van der Waals surface area contributed by atoms with Gasteiger partial charge in [0.15, 0.2) is 5.69 Å². The molecular formula is C19H14ClN4+. The number of rotatable bonds is 3. The summed E-state index contributed by atoms with van der Waals surface area (Å²) in [6.45, 7) is 0. The standard InChI is InChI=1S/C19H14ClN4/c20-16-9-7-8-15(14-16)19-21-23(17-10-3-1-4-11-17)24(22-19)18-12-5-2-6-13-18/h1-14H/q+1. The molecular weight excluding hydrogens is 320 g/mol. The van der Waals surface area contributed by atoms with E-state index < -0.39 is 0 Å². The van der Waals surface area contributed by atoms with Crippen LogP contribution >= 0.6 is 11.6 Å². The van der Waals surface area contributed by atoms with E-state index in [2.05, 4.69) is 10.2 Å². The maximum Gasteiger partial charge on any atom is 0.340 e. The summed E-state index contributed by atoms with van der Waals surface area (Å²) >= 11 is 6.11. The smallest absolute Gasteiger partial charge is 0.0843 e. The molecule has 0 spiro atoms. The highest BCUT2D eigenvalue weighted by Gasteiger charge is 2.23. The van der Waals surface area contributed by atoms with Gasteiger partial charge in [-0.3, -0.25) is 0 Å². The van der Waals surface area contributed by atoms with Crippen LogP contribution in [0, 0.1) is 0 Å². The molecule has 0 aliphatic carbocycles. The normalized spacial score (nSPS) is 10.7. The van der Waals surface area contributed by atoms with Crippen molar-refractivity contribution in [3.63, 3.8) is 0 Å². The second kappa shape index (κ2) is 6.26. The minimum atomic E-state index is 0.616. The van der Waals surface area contributed by atoms with Gasteiger partial charge in [-0.1, -0.05) is 54.1 Å². The highest BCUT2D eigenvalue weighted by atomic mass is 35.5. The summed E-state index contributed by atoms with van der Waals surface area (Å²) in [6, 6.07) is 27.4. The number of para-hydroxylation sites is 2. The zero-order valence-corrected chi connectivity index (χ0v) is 13.5. The molecule has 0 unspecified atom stereocenters. The molecule has 4 nitrogen and oxygen atoms in total. The Balaban J connectivity index is 1.91. The molecule has 0 atom stereocenters. The zero-order chi connectivity index (χ0) is 16.4. The average molecular weight is 334 g/mol. The van der Waals surface area contributed by atoms with Crippen LogP contribution in [0.2, 0.25) is 5.02 Å². The SMILES string of the molecule is Clc1cccc(-c2nn(-c3ccccc3)[n+](-c3ccccc3)n2)c1. The average Bonchev–Trinajstić information content (AvgIpc) is 3.09. The molecule has 1 aromatic heterocycles. The Labute approximate surface area is 144 Å². The second-order valence-electron chi connectivity index (χ2n) is 5.28. The van der Waals surface area contributed by atoms with Crippen molar-refractivity contribution in [1.82, 2.24) is 15.0 Å². The van der Waals surface area contributed by atoms with Crippen LogP contribution in [0.4, 0.5) is 0 Å². The molecule has 4 rings (SSSR count). The van der Waals surface area contributed by atoms with Crippen LogP contribution < -0.4 is 4.80 Å². The van der Waals surface area contributed by atoms with Crippen LogP contribution in [0.5, 0.6) is 0 Å². The molecule has 0 aliphatic rings. The molecule has 0 radical (unpaired) electrons. The van der Waals surface area contributed by atoms with Gasteiger partial charge in [0.05, 0.1) is 10.7 Å². The molecule has 24 heavy (non-hydrogen) atoms. The van der Waals surface area contributed by atoms with E-state index >= 15 is 0 Å². The number of aromatic nitrogens is 4. The maximum atomic E-state index is 6.11. The molecule has 1 heterocycles. The van der Waals surface area contributed by atoms with Gasteiger partial charge < -0.3 is 0 Å². The lowest BCUT2D eigenvalue weighted by atomic mass is 10.2. The van der Waals surface area contributed by atoms with Crippen LogP contribution in [0.3, 0.4) is 0 Å². The number of nitrogens with zero attached hydrogens (tertiary/aromatic N) is 4. The molecule has 116 valence electrons. The Hall–Kier alpha value is -2.98. The van der Waals surface area contributed by atoms with E-state index in [1.54, 1.807) is 9.59 Å². The first-order chi connectivity index (χ1) is 11.8. The van der Waals surface area contributed by atoms with E-state index in [1.807, 2.05) is 84.9 Å². The van der Waals surface area contributed by atoms with Gasteiger partial charge in [0.2, 0.25) is 0 Å². The monoisotopic (exact) mass is 333 g/mol. The van der Waals surface area contributed by atoms with Gasteiger partial charge in [-0.2, -0.15) is 0 Å². The van der Waals surface area contributed by atoms with Crippen molar-refractivity contribution in [2.45, 2.75) is 0 Å². The maximum absolute atomic E-state index is 6.11. The molecule has 0 fully saturated rings. The van der Waals surface area contributed by atoms with Gasteiger partial charge in [-0.15, -0.1) is 0 Å². The van der Waals surface area contributed by atoms with Crippen molar-refractivity contribution < 1.29 is 4.80 Å². The van der Waals surface area contributed by atoms with Crippen LogP contribution in [-0.4, -0.2) is 15.0 Å². The largest absolute Gasteiger partial charge is 0.340 e. The predicted octanol–water partition coefficient (Wildman–Crippen LogP) is 3.86. The Morgan fingerprint density at radius 1 is 0.792 bits per heavy atom. The van der Waals surface area contributed by atoms with Gasteiger partial charge in [-0.25, -0.2) is 0 Å². The number of halogens is 1. The zero-order valence-electron chi connectivity index (χ0n) is 12.7. The molecule has 0 amide bonds. The first-order valence-electron chi connectivity index (χ1n) is 7.58. The molecule has 4 aromatic rings. The fourth-order valence-electron chi connectivity index (χ4n) is 2.48. The predicted molar refractivity (Wildman–Crippen MR) is 93.3 cm³/mol. The number of hydrogen-bond acceptors (Lipinski definition) is 2. The van der Waals surface area contributed by atoms with Crippen molar-refractivity contribution in [1.29, 1.82) is 0 Å². The van der Waals surface area contributed by atoms with Gasteiger partial charge in [0.25, 0.3) is 0 Å². The fraction of sp³-hybridized carbons (Fsp3) is 0. The molecule has 0 saturated carbocycles. The summed E-state index contributed by atoms with van der Waals surface area (Å²) in [7, 11) is 0. The first-order valence-corrected chi connectivity index (χ1v) is 7.95. The third kappa shape index (κ3) is 2.79. The van der Waals surface area contributed by atoms with Crippen molar-refractivity contribution in [2.75, 3.05) is 0 Å². The summed E-state index contributed by atoms with van der Waals surface area (Å²) in [5.74, 6) is 0.616. The van der Waals surface area contributed by atoms with Crippen LogP contribution in [0.25, 0.3) is 22.8 Å². The minimum Gasteiger partial charge on any atom is -0.0843 e. The van der Waals surface area contributed by atoms with E-state index in [0.717, 1.165) is 16.9 Å². The van der Waals surface area contributed by atoms with E-state index in [0.29, 0.717) is 10.8 Å². The van der Waals surface area contributed by atoms with Crippen LogP contribution in [-0.2, 0) is 0 Å². The van der Waals surface area contributed by atoms with Gasteiger partial charge in [-0.05, 0) is 52.4 Å². The topological polar surface area (TPSA) is 34.6 Å². The summed E-state index contributed by atoms with van der Waals surface area (Å²) in [5, 5.41) is 10.0. The highest BCUT2D eigenvalue weighted by Crippen LogP contribution is 2.19. The van der Waals surface area contributed by atoms with Crippen molar-refractivity contribution in [2.24, 2.45) is 0 Å². The Bertz CT molecular complexity index is 908. The summed E-state index contributed by atoms with van der Waals surface area (Å²) < 4.78 is 0. The van der Waals surface area contributed by atoms with Crippen molar-refractivity contribution in [3.05, 3.63) is 90.0 Å². The number of tetrazole rings is 1. The Morgan fingerprint density at radius 2 is 1.50 bits per heavy atom. The second-order valence-corrected chi connectivity index (χ2v) is 5.72. The highest BCUT2D eigenvalue weighted by molar-refractivity contribution is 6.30. The number of hydrogen-bond donors (Lipinski definition) is 0. The van der Waals surface area contributed by atoms with Crippen molar-refractivity contribution >= 4 is 11.6 Å². The van der Waals surface area contributed by atoms with Crippen LogP contribution in [0.1, 0.15) is 0 Å². The molecule has 0 aliphatic heterocycles. The lowest BCUT2D eigenvalue weighted by molar-refractivity contribution is -0.734. The summed E-state index contributed by atoms with van der Waals surface area (Å²) in [5.41, 5.74) is 2.74. The summed E-state index contributed by atoms with van der Waals surface area (Å²) in [4.78, 5) is 3.57. The molecule has 3 aromatic carbocycles. The molecule has 0 N–H and O–H groups in total. The van der Waals surface area contributed by atoms with E-state index in [-0.39, 0.29) is 0 Å². The van der Waals surface area contributed by atoms with Gasteiger partial charge >= 0.3 is 5.82 Å². The third-order valence-electron chi connectivity index (χ3n) is 3.62. The minimum absolute atomic E-state index is 0.616.